The van der Waals surface area contributed by atoms with Crippen molar-refractivity contribution < 1.29 is 35.9 Å². The van der Waals surface area contributed by atoms with Gasteiger partial charge < -0.3 is 16.8 Å². The molecule has 3 aromatic carbocycles. The van der Waals surface area contributed by atoms with E-state index in [9.17, 15) is 35.9 Å². The van der Waals surface area contributed by atoms with Crippen molar-refractivity contribution in [1.29, 1.82) is 0 Å². The zero-order valence-electron chi connectivity index (χ0n) is 18.9. The largest absolute Gasteiger partial charge is 0.417 e. The summed E-state index contributed by atoms with van der Waals surface area (Å²) in [5.74, 6) is -7.37. The van der Waals surface area contributed by atoms with Gasteiger partial charge in [0.1, 0.15) is 27.1 Å². The number of rotatable bonds is 5. The summed E-state index contributed by atoms with van der Waals surface area (Å²) < 4.78 is 81.5. The Morgan fingerprint density at radius 3 is 2.13 bits per heavy atom. The number of carbonyl (C=O) groups excluding carboxylic acids is 2. The Morgan fingerprint density at radius 1 is 0.949 bits per heavy atom. The van der Waals surface area contributed by atoms with Crippen LogP contribution in [0.15, 0.2) is 42.5 Å². The van der Waals surface area contributed by atoms with Crippen LogP contribution in [0.25, 0.3) is 0 Å². The van der Waals surface area contributed by atoms with Gasteiger partial charge in [0.15, 0.2) is 5.82 Å². The number of nitrogens with one attached hydrogen (secondary N) is 1. The Hall–Kier alpha value is -2.86. The molecule has 0 aromatic heterocycles. The first-order valence-corrected chi connectivity index (χ1v) is 12.1. The molecule has 5 N–H and O–H groups in total. The molecule has 0 bridgehead atoms. The van der Waals surface area contributed by atoms with Gasteiger partial charge >= 0.3 is 6.18 Å². The average Bonchev–Trinajstić information content (AvgIpc) is 3.37. The summed E-state index contributed by atoms with van der Waals surface area (Å²) in [6.45, 7) is 0. The molecule has 1 aliphatic rings. The number of alkyl halides is 5. The average molecular weight is 631 g/mol. The number of hydrogen-bond donors (Lipinski definition) is 3. The summed E-state index contributed by atoms with van der Waals surface area (Å²) >= 11 is 24.6. The molecule has 3 aromatic rings. The second-order valence-corrected chi connectivity index (χ2v) is 10.7. The van der Waals surface area contributed by atoms with Crippen molar-refractivity contribution >= 4 is 69.6 Å². The molecule has 2 atom stereocenters. The minimum absolute atomic E-state index is 0.0589. The van der Waals surface area contributed by atoms with Crippen LogP contribution in [-0.2, 0) is 16.4 Å². The molecular formula is C24H13Cl4F6N3O2. The van der Waals surface area contributed by atoms with Crippen LogP contribution in [0.2, 0.25) is 10.0 Å². The molecule has 0 saturated heterocycles. The van der Waals surface area contributed by atoms with Gasteiger partial charge in [0.25, 0.3) is 5.91 Å². The SMILES string of the molecule is NC(=O)C1(c2cc(C(=O)Nc3ccc(F)c(N)c3F)c(Cl)c(C(F)(F)F)c2)C(c2ccc(F)c(Cl)c2)C1(Cl)Cl. The van der Waals surface area contributed by atoms with E-state index in [-0.39, 0.29) is 5.56 Å². The summed E-state index contributed by atoms with van der Waals surface area (Å²) in [7, 11) is 0. The summed E-state index contributed by atoms with van der Waals surface area (Å²) in [5, 5.41) is 0.457. The number of nitrogen functional groups attached to an aromatic ring is 1. The first-order chi connectivity index (χ1) is 18.0. The normalized spacial score (nSPS) is 20.0. The van der Waals surface area contributed by atoms with Crippen LogP contribution in [0.5, 0.6) is 0 Å². The van der Waals surface area contributed by atoms with Crippen molar-refractivity contribution in [3.05, 3.63) is 92.2 Å². The third-order valence-corrected chi connectivity index (χ3v) is 8.09. The second kappa shape index (κ2) is 9.65. The van der Waals surface area contributed by atoms with Gasteiger partial charge in [-0.05, 0) is 47.5 Å². The van der Waals surface area contributed by atoms with Gasteiger partial charge in [-0.2, -0.15) is 13.2 Å². The Morgan fingerprint density at radius 2 is 1.56 bits per heavy atom. The lowest BCUT2D eigenvalue weighted by Crippen LogP contribution is -2.34. The van der Waals surface area contributed by atoms with E-state index >= 15 is 0 Å². The van der Waals surface area contributed by atoms with E-state index in [1.807, 2.05) is 5.32 Å². The van der Waals surface area contributed by atoms with Crippen molar-refractivity contribution in [2.45, 2.75) is 21.8 Å². The Kier molecular flexibility index (Phi) is 7.21. The first-order valence-electron chi connectivity index (χ1n) is 10.5. The minimum Gasteiger partial charge on any atom is -0.394 e. The molecular weight excluding hydrogens is 618 g/mol. The molecule has 0 spiro atoms. The molecule has 2 amide bonds. The maximum Gasteiger partial charge on any atom is 0.417 e. The van der Waals surface area contributed by atoms with Gasteiger partial charge in [-0.3, -0.25) is 9.59 Å². The first kappa shape index (κ1) is 29.1. The van der Waals surface area contributed by atoms with Crippen molar-refractivity contribution in [2.75, 3.05) is 11.1 Å². The molecule has 0 aliphatic heterocycles. The van der Waals surface area contributed by atoms with Gasteiger partial charge in [0, 0.05) is 5.92 Å². The Labute approximate surface area is 235 Å². The number of primary amides is 1. The van der Waals surface area contributed by atoms with E-state index in [1.165, 1.54) is 0 Å². The molecule has 5 nitrogen and oxygen atoms in total. The van der Waals surface area contributed by atoms with Gasteiger partial charge in [0.2, 0.25) is 5.91 Å². The highest BCUT2D eigenvalue weighted by Crippen LogP contribution is 2.74. The van der Waals surface area contributed by atoms with Crippen LogP contribution in [0.1, 0.15) is 33.0 Å². The lowest BCUT2D eigenvalue weighted by atomic mass is 9.87. The highest BCUT2D eigenvalue weighted by molar-refractivity contribution is 6.55. The van der Waals surface area contributed by atoms with Crippen LogP contribution in [0, 0.1) is 17.5 Å². The van der Waals surface area contributed by atoms with Crippen LogP contribution >= 0.6 is 46.4 Å². The number of halogens is 10. The van der Waals surface area contributed by atoms with Gasteiger partial charge in [-0.25, -0.2) is 13.2 Å². The number of benzene rings is 3. The molecule has 1 saturated carbocycles. The Bertz CT molecular complexity index is 1550. The number of nitrogens with two attached hydrogens (primary N) is 2. The van der Waals surface area contributed by atoms with Crippen molar-refractivity contribution in [1.82, 2.24) is 0 Å². The second-order valence-electron chi connectivity index (χ2n) is 8.56. The van der Waals surface area contributed by atoms with Crippen molar-refractivity contribution in [2.24, 2.45) is 5.73 Å². The third kappa shape index (κ3) is 4.55. The lowest BCUT2D eigenvalue weighted by Gasteiger charge is -2.21. The Balaban J connectivity index is 1.92. The monoisotopic (exact) mass is 629 g/mol. The van der Waals surface area contributed by atoms with E-state index in [0.29, 0.717) is 12.1 Å². The van der Waals surface area contributed by atoms with E-state index in [4.69, 9.17) is 57.9 Å². The fourth-order valence-electron chi connectivity index (χ4n) is 4.44. The summed E-state index contributed by atoms with van der Waals surface area (Å²) in [6.07, 6.45) is -5.17. The summed E-state index contributed by atoms with van der Waals surface area (Å²) in [5.41, 5.74) is 4.01. The van der Waals surface area contributed by atoms with E-state index in [1.54, 1.807) is 0 Å². The highest BCUT2D eigenvalue weighted by atomic mass is 35.5. The van der Waals surface area contributed by atoms with E-state index in [0.717, 1.165) is 30.3 Å². The fraction of sp³-hybridized carbons (Fsp3) is 0.167. The lowest BCUT2D eigenvalue weighted by molar-refractivity contribution is -0.137. The molecule has 1 aliphatic carbocycles. The van der Waals surface area contributed by atoms with Gasteiger partial charge in [0.05, 0.1) is 26.9 Å². The van der Waals surface area contributed by atoms with Crippen molar-refractivity contribution in [3.8, 4) is 0 Å². The molecule has 0 heterocycles. The van der Waals surface area contributed by atoms with E-state index < -0.39 is 89.2 Å². The standard InChI is InChI=1S/C24H13Cl4F6N3O2/c25-12-5-8(1-2-13(12)29)19-22(21(36)39,23(19,27)28)9-6-10(16(26)11(7-9)24(32,33)34)20(38)37-15-4-3-14(30)18(35)17(15)31/h1-7,19H,35H2,(H2,36,39)(H,37,38). The van der Waals surface area contributed by atoms with E-state index in [2.05, 4.69) is 0 Å². The summed E-state index contributed by atoms with van der Waals surface area (Å²) in [6, 6.07) is 5.89. The fourth-order valence-corrected chi connectivity index (χ4v) is 6.03. The predicted molar refractivity (Wildman–Crippen MR) is 135 cm³/mol. The zero-order chi connectivity index (χ0) is 29.2. The molecule has 4 rings (SSSR count). The molecule has 0 radical (unpaired) electrons. The third-order valence-electron chi connectivity index (χ3n) is 6.36. The molecule has 15 heteroatoms. The maximum atomic E-state index is 14.4. The quantitative estimate of drug-likeness (QED) is 0.162. The zero-order valence-corrected chi connectivity index (χ0v) is 21.9. The highest BCUT2D eigenvalue weighted by Gasteiger charge is 2.81. The number of carbonyl (C=O) groups is 2. The maximum absolute atomic E-state index is 14.4. The number of hydrogen-bond acceptors (Lipinski definition) is 3. The van der Waals surface area contributed by atoms with Gasteiger partial charge in [-0.15, -0.1) is 0 Å². The number of anilines is 2. The smallest absolute Gasteiger partial charge is 0.394 e. The molecule has 2 unspecified atom stereocenters. The van der Waals surface area contributed by atoms with Crippen LogP contribution in [0.4, 0.5) is 37.7 Å². The van der Waals surface area contributed by atoms with Crippen LogP contribution < -0.4 is 16.8 Å². The van der Waals surface area contributed by atoms with Crippen LogP contribution in [-0.4, -0.2) is 16.1 Å². The summed E-state index contributed by atoms with van der Waals surface area (Å²) in [4.78, 5) is 25.8. The molecule has 206 valence electrons. The topological polar surface area (TPSA) is 98.2 Å². The molecule has 1 fully saturated rings. The van der Waals surface area contributed by atoms with Crippen LogP contribution in [0.3, 0.4) is 0 Å². The number of amides is 2. The van der Waals surface area contributed by atoms with Gasteiger partial charge in [-0.1, -0.05) is 52.5 Å². The predicted octanol–water partition coefficient (Wildman–Crippen LogP) is 6.96. The minimum atomic E-state index is -5.17. The van der Waals surface area contributed by atoms with Crippen molar-refractivity contribution in [3.63, 3.8) is 0 Å². The molecule has 39 heavy (non-hydrogen) atoms.